The maximum absolute atomic E-state index is 12.6. The molecule has 1 atom stereocenters. The van der Waals surface area contributed by atoms with Gasteiger partial charge in [0.2, 0.25) is 5.91 Å². The lowest BCUT2D eigenvalue weighted by molar-refractivity contribution is -0.123. The van der Waals surface area contributed by atoms with Crippen molar-refractivity contribution in [2.24, 2.45) is 0 Å². The Morgan fingerprint density at radius 2 is 1.77 bits per heavy atom. The highest BCUT2D eigenvalue weighted by atomic mass is 16.5. The van der Waals surface area contributed by atoms with E-state index in [0.29, 0.717) is 0 Å². The van der Waals surface area contributed by atoms with Gasteiger partial charge in [-0.15, -0.1) is 0 Å². The summed E-state index contributed by atoms with van der Waals surface area (Å²) in [6, 6.07) is 18.6. The first-order valence-electron chi connectivity index (χ1n) is 9.36. The molecular formula is C22H28N2O2. The highest BCUT2D eigenvalue weighted by Gasteiger charge is 2.23. The Balaban J connectivity index is 1.46. The number of methoxy groups -OCH3 is 1. The summed E-state index contributed by atoms with van der Waals surface area (Å²) in [5.74, 6) is 0.770. The van der Waals surface area contributed by atoms with Crippen LogP contribution in [0.2, 0.25) is 0 Å². The zero-order valence-electron chi connectivity index (χ0n) is 15.7. The van der Waals surface area contributed by atoms with Gasteiger partial charge in [-0.3, -0.25) is 9.69 Å². The van der Waals surface area contributed by atoms with Crippen molar-refractivity contribution in [1.29, 1.82) is 0 Å². The van der Waals surface area contributed by atoms with Gasteiger partial charge in [0.1, 0.15) is 5.75 Å². The second-order valence-electron chi connectivity index (χ2n) is 7.04. The van der Waals surface area contributed by atoms with E-state index in [-0.39, 0.29) is 17.9 Å². The molecule has 0 radical (unpaired) electrons. The van der Waals surface area contributed by atoms with Crippen LogP contribution in [0.3, 0.4) is 0 Å². The molecule has 0 aromatic heterocycles. The van der Waals surface area contributed by atoms with Gasteiger partial charge in [-0.2, -0.15) is 0 Å². The van der Waals surface area contributed by atoms with E-state index in [9.17, 15) is 4.79 Å². The zero-order valence-corrected chi connectivity index (χ0v) is 15.7. The molecule has 2 aromatic rings. The third kappa shape index (κ3) is 4.85. The summed E-state index contributed by atoms with van der Waals surface area (Å²) in [6.45, 7) is 5.00. The monoisotopic (exact) mass is 352 g/mol. The van der Waals surface area contributed by atoms with Gasteiger partial charge >= 0.3 is 0 Å². The van der Waals surface area contributed by atoms with Crippen LogP contribution in [-0.4, -0.2) is 37.0 Å². The first kappa shape index (κ1) is 18.5. The van der Waals surface area contributed by atoms with Crippen LogP contribution in [0.15, 0.2) is 54.6 Å². The number of likely N-dealkylation sites (tertiary alicyclic amines) is 1. The zero-order chi connectivity index (χ0) is 18.4. The summed E-state index contributed by atoms with van der Waals surface area (Å²) in [6.07, 6.45) is 2.02. The maximum atomic E-state index is 12.6. The van der Waals surface area contributed by atoms with E-state index < -0.39 is 0 Å². The molecule has 1 heterocycles. The van der Waals surface area contributed by atoms with E-state index in [1.54, 1.807) is 7.11 Å². The molecule has 1 saturated heterocycles. The highest BCUT2D eigenvalue weighted by molar-refractivity contribution is 5.83. The van der Waals surface area contributed by atoms with E-state index in [2.05, 4.69) is 40.5 Å². The summed E-state index contributed by atoms with van der Waals surface area (Å²) >= 11 is 0. The standard InChI is InChI=1S/C22H28N2O2/c1-17(19-8-10-21(26-2)11-9-19)22(25)23-20-12-14-24(15-13-20)16-18-6-4-3-5-7-18/h3-11,17,20H,12-16H2,1-2H3,(H,23,25). The van der Waals surface area contributed by atoms with Gasteiger partial charge in [0.25, 0.3) is 0 Å². The van der Waals surface area contributed by atoms with Crippen molar-refractivity contribution in [1.82, 2.24) is 10.2 Å². The van der Waals surface area contributed by atoms with E-state index in [0.717, 1.165) is 43.8 Å². The summed E-state index contributed by atoms with van der Waals surface area (Å²) < 4.78 is 5.18. The van der Waals surface area contributed by atoms with Gasteiger partial charge < -0.3 is 10.1 Å². The quantitative estimate of drug-likeness (QED) is 0.864. The number of nitrogens with one attached hydrogen (secondary N) is 1. The molecule has 0 spiro atoms. The number of benzene rings is 2. The van der Waals surface area contributed by atoms with Crippen LogP contribution < -0.4 is 10.1 Å². The highest BCUT2D eigenvalue weighted by Crippen LogP contribution is 2.20. The van der Waals surface area contributed by atoms with Gasteiger partial charge in [-0.25, -0.2) is 0 Å². The Morgan fingerprint density at radius 3 is 2.38 bits per heavy atom. The van der Waals surface area contributed by atoms with Crippen molar-refractivity contribution in [3.05, 3.63) is 65.7 Å². The third-order valence-corrected chi connectivity index (χ3v) is 5.19. The van der Waals surface area contributed by atoms with E-state index in [1.807, 2.05) is 31.2 Å². The lowest BCUT2D eigenvalue weighted by atomic mass is 9.98. The van der Waals surface area contributed by atoms with Crippen LogP contribution in [0.4, 0.5) is 0 Å². The number of ether oxygens (including phenoxy) is 1. The minimum absolute atomic E-state index is 0.108. The SMILES string of the molecule is COc1ccc(C(C)C(=O)NC2CCN(Cc3ccccc3)CC2)cc1. The molecule has 1 unspecified atom stereocenters. The van der Waals surface area contributed by atoms with Crippen molar-refractivity contribution in [2.45, 2.75) is 38.3 Å². The predicted octanol–water partition coefficient (Wildman–Crippen LogP) is 3.58. The molecule has 1 fully saturated rings. The van der Waals surface area contributed by atoms with Crippen LogP contribution in [0.25, 0.3) is 0 Å². The Labute approximate surface area is 156 Å². The van der Waals surface area contributed by atoms with Gasteiger partial charge in [0, 0.05) is 25.7 Å². The molecule has 2 aromatic carbocycles. The minimum Gasteiger partial charge on any atom is -0.497 e. The minimum atomic E-state index is -0.150. The number of piperidine rings is 1. The number of amides is 1. The van der Waals surface area contributed by atoms with Crippen molar-refractivity contribution < 1.29 is 9.53 Å². The average molecular weight is 352 g/mol. The Hall–Kier alpha value is -2.33. The fourth-order valence-corrected chi connectivity index (χ4v) is 3.45. The molecule has 1 aliphatic heterocycles. The smallest absolute Gasteiger partial charge is 0.227 e. The Morgan fingerprint density at radius 1 is 1.12 bits per heavy atom. The number of nitrogens with zero attached hydrogens (tertiary/aromatic N) is 1. The second-order valence-corrected chi connectivity index (χ2v) is 7.04. The summed E-state index contributed by atoms with van der Waals surface area (Å²) in [7, 11) is 1.65. The third-order valence-electron chi connectivity index (χ3n) is 5.19. The van der Waals surface area contributed by atoms with E-state index >= 15 is 0 Å². The molecule has 0 saturated carbocycles. The van der Waals surface area contributed by atoms with E-state index in [4.69, 9.17) is 4.74 Å². The Kier molecular flexibility index (Phi) is 6.29. The molecule has 4 heteroatoms. The van der Waals surface area contributed by atoms with Crippen molar-refractivity contribution in [2.75, 3.05) is 20.2 Å². The van der Waals surface area contributed by atoms with E-state index in [1.165, 1.54) is 5.56 Å². The number of hydrogen-bond acceptors (Lipinski definition) is 3. The molecule has 26 heavy (non-hydrogen) atoms. The molecule has 4 nitrogen and oxygen atoms in total. The second kappa shape index (κ2) is 8.86. The molecule has 0 bridgehead atoms. The first-order valence-corrected chi connectivity index (χ1v) is 9.36. The summed E-state index contributed by atoms with van der Waals surface area (Å²) in [4.78, 5) is 15.0. The maximum Gasteiger partial charge on any atom is 0.227 e. The van der Waals surface area contributed by atoms with Gasteiger partial charge in [-0.1, -0.05) is 42.5 Å². The van der Waals surface area contributed by atoms with Crippen LogP contribution >= 0.6 is 0 Å². The van der Waals surface area contributed by atoms with Crippen LogP contribution in [0, 0.1) is 0 Å². The van der Waals surface area contributed by atoms with Crippen LogP contribution in [0.5, 0.6) is 5.75 Å². The van der Waals surface area contributed by atoms with Gasteiger partial charge in [0.15, 0.2) is 0 Å². The summed E-state index contributed by atoms with van der Waals surface area (Å²) in [5.41, 5.74) is 2.37. The van der Waals surface area contributed by atoms with Crippen LogP contribution in [-0.2, 0) is 11.3 Å². The normalized spacial score (nSPS) is 16.8. The van der Waals surface area contributed by atoms with Crippen molar-refractivity contribution >= 4 is 5.91 Å². The largest absolute Gasteiger partial charge is 0.497 e. The topological polar surface area (TPSA) is 41.6 Å². The Bertz CT molecular complexity index is 692. The number of rotatable bonds is 6. The summed E-state index contributed by atoms with van der Waals surface area (Å²) in [5, 5.41) is 3.23. The molecule has 1 amide bonds. The molecule has 0 aliphatic carbocycles. The van der Waals surface area contributed by atoms with Crippen molar-refractivity contribution in [3.8, 4) is 5.75 Å². The fourth-order valence-electron chi connectivity index (χ4n) is 3.45. The molecule has 3 rings (SSSR count). The average Bonchev–Trinajstić information content (AvgIpc) is 2.70. The molecule has 138 valence electrons. The van der Waals surface area contributed by atoms with Gasteiger partial charge in [0.05, 0.1) is 13.0 Å². The lowest BCUT2D eigenvalue weighted by Gasteiger charge is -2.33. The molecular weight excluding hydrogens is 324 g/mol. The fraction of sp³-hybridized carbons (Fsp3) is 0.409. The number of hydrogen-bond donors (Lipinski definition) is 1. The molecule has 1 aliphatic rings. The lowest BCUT2D eigenvalue weighted by Crippen LogP contribution is -2.45. The number of carbonyl (C=O) groups is 1. The predicted molar refractivity (Wildman–Crippen MR) is 104 cm³/mol. The first-order chi connectivity index (χ1) is 12.7. The van der Waals surface area contributed by atoms with Crippen molar-refractivity contribution in [3.63, 3.8) is 0 Å². The molecule has 1 N–H and O–H groups in total. The van der Waals surface area contributed by atoms with Gasteiger partial charge in [-0.05, 0) is 43.0 Å². The van der Waals surface area contributed by atoms with Crippen LogP contribution in [0.1, 0.15) is 36.8 Å². The number of carbonyl (C=O) groups excluding carboxylic acids is 1.